The lowest BCUT2D eigenvalue weighted by Gasteiger charge is -2.25. The molecule has 2 aromatic heterocycles. The van der Waals surface area contributed by atoms with Crippen LogP contribution in [-0.2, 0) is 19.1 Å². The van der Waals surface area contributed by atoms with Gasteiger partial charge in [-0.25, -0.2) is 14.6 Å². The van der Waals surface area contributed by atoms with Gasteiger partial charge in [-0.3, -0.25) is 19.5 Å². The van der Waals surface area contributed by atoms with Gasteiger partial charge in [0.25, 0.3) is 11.2 Å². The van der Waals surface area contributed by atoms with Gasteiger partial charge >= 0.3 is 11.9 Å². The Kier molecular flexibility index (Phi) is 10.1. The van der Waals surface area contributed by atoms with Crippen LogP contribution >= 0.6 is 27.3 Å². The lowest BCUT2D eigenvalue weighted by atomic mass is 9.95. The van der Waals surface area contributed by atoms with Gasteiger partial charge in [-0.1, -0.05) is 17.4 Å². The molecular weight excluding hydrogens is 698 g/mol. The zero-order chi connectivity index (χ0) is 33.8. The van der Waals surface area contributed by atoms with Crippen LogP contribution in [0.1, 0.15) is 38.1 Å². The molecule has 5 rings (SSSR count). The number of carbonyl (C=O) groups excluding carboxylic acids is 2. The highest BCUT2D eigenvalue weighted by molar-refractivity contribution is 9.10. The summed E-state index contributed by atoms with van der Waals surface area (Å²) in [4.78, 5) is 54.6. The van der Waals surface area contributed by atoms with Crippen LogP contribution in [0.15, 0.2) is 78.5 Å². The monoisotopic (exact) mass is 725 g/mol. The molecule has 0 unspecified atom stereocenters. The molecule has 0 spiro atoms. The van der Waals surface area contributed by atoms with Crippen molar-refractivity contribution in [3.63, 3.8) is 0 Å². The molecule has 15 heteroatoms. The zero-order valence-electron chi connectivity index (χ0n) is 25.6. The number of benzene rings is 2. The minimum Gasteiger partial charge on any atom is -0.490 e. The van der Waals surface area contributed by atoms with Gasteiger partial charge < -0.3 is 23.4 Å². The second-order valence-electron chi connectivity index (χ2n) is 9.93. The molecular formula is C32H28BrN3O10S. The number of nitro groups is 1. The van der Waals surface area contributed by atoms with Gasteiger partial charge in [0.2, 0.25) is 0 Å². The van der Waals surface area contributed by atoms with Gasteiger partial charge in [-0.05, 0) is 72.6 Å². The topological polar surface area (TPSA) is 162 Å². The van der Waals surface area contributed by atoms with Crippen molar-refractivity contribution in [1.82, 2.24) is 4.57 Å². The molecule has 1 aliphatic rings. The first kappa shape index (κ1) is 33.3. The highest BCUT2D eigenvalue weighted by atomic mass is 79.9. The summed E-state index contributed by atoms with van der Waals surface area (Å²) in [6.07, 6.45) is 1.57. The van der Waals surface area contributed by atoms with Gasteiger partial charge in [-0.2, -0.15) is 0 Å². The highest BCUT2D eigenvalue weighted by Gasteiger charge is 2.34. The Hall–Kier alpha value is -5.02. The number of aromatic nitrogens is 1. The highest BCUT2D eigenvalue weighted by Crippen LogP contribution is 2.37. The Morgan fingerprint density at radius 2 is 1.89 bits per heavy atom. The van der Waals surface area contributed by atoms with Crippen molar-refractivity contribution >= 4 is 51.0 Å². The second-order valence-corrected chi connectivity index (χ2v) is 11.8. The molecule has 0 saturated carbocycles. The predicted octanol–water partition coefficient (Wildman–Crippen LogP) is 4.68. The molecule has 0 fully saturated rings. The molecule has 0 aliphatic carbocycles. The fraction of sp³-hybridized carbons (Fsp3) is 0.250. The molecule has 2 aromatic carbocycles. The van der Waals surface area contributed by atoms with E-state index in [0.29, 0.717) is 47.9 Å². The van der Waals surface area contributed by atoms with E-state index in [1.807, 2.05) is 0 Å². The van der Waals surface area contributed by atoms with Crippen LogP contribution < -0.4 is 24.4 Å². The van der Waals surface area contributed by atoms with E-state index in [1.54, 1.807) is 63.2 Å². The molecule has 244 valence electrons. The van der Waals surface area contributed by atoms with Crippen molar-refractivity contribution in [2.24, 2.45) is 4.99 Å². The van der Waals surface area contributed by atoms with E-state index in [9.17, 15) is 24.5 Å². The Balaban J connectivity index is 1.60. The van der Waals surface area contributed by atoms with E-state index in [1.165, 1.54) is 23.8 Å². The fourth-order valence-electron chi connectivity index (χ4n) is 4.91. The third kappa shape index (κ3) is 6.90. The molecule has 3 heterocycles. The van der Waals surface area contributed by atoms with Gasteiger partial charge in [0.1, 0.15) is 11.5 Å². The molecule has 0 saturated heterocycles. The molecule has 0 N–H and O–H groups in total. The maximum absolute atomic E-state index is 14.0. The standard InChI is InChI=1S/C32H28BrN3O10S/c1-5-43-25-13-18(7-11-24(25)45-16-27(37)42-4)29-28(31(39)44-6-2)17(3)34-32-35(29)30(38)26(47-32)15-20-9-12-23(46-20)21-10-8-19(36(40)41)14-22(21)33/h7-15,29H,5-6,16H2,1-4H3/b26-15+/t29-/m0/s1. The summed E-state index contributed by atoms with van der Waals surface area (Å²) in [5.74, 6) is 0.174. The number of furan rings is 1. The van der Waals surface area contributed by atoms with Crippen LogP contribution in [0, 0.1) is 10.1 Å². The van der Waals surface area contributed by atoms with Crippen LogP contribution in [-0.4, -0.2) is 48.4 Å². The van der Waals surface area contributed by atoms with Crippen LogP contribution in [0.5, 0.6) is 11.5 Å². The average Bonchev–Trinajstić information content (AvgIpc) is 3.63. The van der Waals surface area contributed by atoms with E-state index in [0.717, 1.165) is 11.3 Å². The molecule has 47 heavy (non-hydrogen) atoms. The Morgan fingerprint density at radius 3 is 2.57 bits per heavy atom. The molecule has 4 aromatic rings. The number of nitrogens with zero attached hydrogens (tertiary/aromatic N) is 3. The molecule has 0 bridgehead atoms. The number of allylic oxidation sites excluding steroid dienone is 1. The molecule has 0 amide bonds. The van der Waals surface area contributed by atoms with Crippen LogP contribution in [0.3, 0.4) is 0 Å². The van der Waals surface area contributed by atoms with Gasteiger partial charge in [0.15, 0.2) is 22.9 Å². The van der Waals surface area contributed by atoms with Crippen molar-refractivity contribution in [2.45, 2.75) is 26.8 Å². The summed E-state index contributed by atoms with van der Waals surface area (Å²) in [6, 6.07) is 11.7. The first-order chi connectivity index (χ1) is 22.6. The Labute approximate surface area is 279 Å². The maximum Gasteiger partial charge on any atom is 0.343 e. The van der Waals surface area contributed by atoms with Crippen LogP contribution in [0.25, 0.3) is 17.4 Å². The second kappa shape index (κ2) is 14.2. The van der Waals surface area contributed by atoms with Crippen molar-refractivity contribution in [3.05, 3.63) is 105 Å². The number of esters is 2. The molecule has 1 aliphatic heterocycles. The first-order valence-electron chi connectivity index (χ1n) is 14.3. The summed E-state index contributed by atoms with van der Waals surface area (Å²) in [5.41, 5.74) is 1.18. The molecule has 13 nitrogen and oxygen atoms in total. The summed E-state index contributed by atoms with van der Waals surface area (Å²) >= 11 is 4.48. The summed E-state index contributed by atoms with van der Waals surface area (Å²) in [5, 5.41) is 11.1. The number of methoxy groups -OCH3 is 1. The molecule has 0 radical (unpaired) electrons. The van der Waals surface area contributed by atoms with Gasteiger partial charge in [0, 0.05) is 28.2 Å². The largest absolute Gasteiger partial charge is 0.490 e. The minimum absolute atomic E-state index is 0.0720. The van der Waals surface area contributed by atoms with Crippen molar-refractivity contribution in [3.8, 4) is 22.8 Å². The van der Waals surface area contributed by atoms with E-state index in [2.05, 4.69) is 25.7 Å². The summed E-state index contributed by atoms with van der Waals surface area (Å²) < 4.78 is 29.6. The number of nitro benzene ring substituents is 1. The number of thiazole rings is 1. The summed E-state index contributed by atoms with van der Waals surface area (Å²) in [6.45, 7) is 5.20. The quantitative estimate of drug-likeness (QED) is 0.121. The van der Waals surface area contributed by atoms with E-state index in [4.69, 9.17) is 18.6 Å². The van der Waals surface area contributed by atoms with E-state index in [-0.39, 0.29) is 36.8 Å². The zero-order valence-corrected chi connectivity index (χ0v) is 28.0. The van der Waals surface area contributed by atoms with E-state index < -0.39 is 28.5 Å². The Morgan fingerprint density at radius 1 is 1.11 bits per heavy atom. The number of ether oxygens (including phenoxy) is 4. The predicted molar refractivity (Wildman–Crippen MR) is 174 cm³/mol. The number of hydrogen-bond acceptors (Lipinski definition) is 12. The number of carbonyl (C=O) groups is 2. The lowest BCUT2D eigenvalue weighted by molar-refractivity contribution is -0.384. The number of hydrogen-bond donors (Lipinski definition) is 0. The average molecular weight is 727 g/mol. The van der Waals surface area contributed by atoms with Gasteiger partial charge in [0.05, 0.1) is 47.1 Å². The third-order valence-electron chi connectivity index (χ3n) is 7.00. The minimum atomic E-state index is -0.926. The smallest absolute Gasteiger partial charge is 0.343 e. The van der Waals surface area contributed by atoms with Crippen molar-refractivity contribution in [1.29, 1.82) is 0 Å². The van der Waals surface area contributed by atoms with E-state index >= 15 is 0 Å². The SMILES string of the molecule is CCOC(=O)C1=C(C)N=c2s/c(=C/c3ccc(-c4ccc([N+](=O)[O-])cc4Br)o3)c(=O)n2[C@H]1c1ccc(OCC(=O)OC)c(OCC)c1. The number of halogens is 1. The van der Waals surface area contributed by atoms with Gasteiger partial charge in [-0.15, -0.1) is 0 Å². The van der Waals surface area contributed by atoms with Crippen molar-refractivity contribution in [2.75, 3.05) is 26.9 Å². The number of fused-ring (bicyclic) bond motifs is 1. The maximum atomic E-state index is 14.0. The number of rotatable bonds is 11. The number of non-ortho nitro benzene ring substituents is 1. The third-order valence-corrected chi connectivity index (χ3v) is 8.64. The van der Waals surface area contributed by atoms with Crippen molar-refractivity contribution < 1.29 is 37.9 Å². The lowest BCUT2D eigenvalue weighted by Crippen LogP contribution is -2.40. The van der Waals surface area contributed by atoms with Crippen LogP contribution in [0.4, 0.5) is 5.69 Å². The fourth-order valence-corrected chi connectivity index (χ4v) is 6.50. The summed E-state index contributed by atoms with van der Waals surface area (Å²) in [7, 11) is 1.25. The Bertz CT molecular complexity index is 2100. The molecule has 1 atom stereocenters. The normalized spacial score (nSPS) is 14.3. The first-order valence-corrected chi connectivity index (χ1v) is 15.9. The van der Waals surface area contributed by atoms with Crippen LogP contribution in [0.2, 0.25) is 0 Å².